The Morgan fingerprint density at radius 3 is 2.44 bits per heavy atom. The van der Waals surface area contributed by atoms with Gasteiger partial charge in [-0.05, 0) is 82.6 Å². The number of imidazole rings is 1. The van der Waals surface area contributed by atoms with Gasteiger partial charge in [-0.2, -0.15) is 0 Å². The second-order valence-corrected chi connectivity index (χ2v) is 12.3. The maximum absolute atomic E-state index is 10.1. The van der Waals surface area contributed by atoms with E-state index in [4.69, 9.17) is 4.98 Å². The first-order chi connectivity index (χ1) is 18.7. The van der Waals surface area contributed by atoms with Gasteiger partial charge in [-0.3, -0.25) is 14.7 Å². The zero-order valence-corrected chi connectivity index (χ0v) is 24.8. The average molecular weight is 533 g/mol. The largest absolute Gasteiger partial charge is 0.508 e. The molecule has 2 aliphatic rings. The number of rotatable bonds is 8. The van der Waals surface area contributed by atoms with E-state index in [1.807, 2.05) is 12.1 Å². The predicted octanol–water partition coefficient (Wildman–Crippen LogP) is 4.86. The number of aromatic nitrogens is 2. The molecule has 7 nitrogen and oxygen atoms in total. The number of piperidine rings is 1. The molecule has 0 radical (unpaired) electrons. The second-order valence-electron chi connectivity index (χ2n) is 12.3. The van der Waals surface area contributed by atoms with Crippen molar-refractivity contribution in [3.05, 3.63) is 59.4 Å². The molecule has 1 unspecified atom stereocenters. The Bertz CT molecular complexity index is 1250. The fraction of sp³-hybridized carbons (Fsp3) is 0.594. The zero-order chi connectivity index (χ0) is 27.7. The number of aromatic hydroxyl groups is 1. The van der Waals surface area contributed by atoms with E-state index >= 15 is 0 Å². The van der Waals surface area contributed by atoms with E-state index in [0.717, 1.165) is 63.9 Å². The lowest BCUT2D eigenvalue weighted by molar-refractivity contribution is 0.0506. The van der Waals surface area contributed by atoms with E-state index < -0.39 is 0 Å². The molecule has 3 aromatic rings. The topological polar surface area (TPSA) is 59.8 Å². The quantitative estimate of drug-likeness (QED) is 0.432. The number of phenols is 1. The SMILES string of the molecule is CCCC(c1nc2cc(CN3CCC(c4cccc(O)c4)(N(C)C)CC3)ccc2n1C)N1C[C@@H](C)N[C@@H](C)C1. The Morgan fingerprint density at radius 2 is 1.79 bits per heavy atom. The van der Waals surface area contributed by atoms with Gasteiger partial charge in [0.25, 0.3) is 0 Å². The molecule has 3 heterocycles. The van der Waals surface area contributed by atoms with Crippen molar-refractivity contribution in [3.63, 3.8) is 0 Å². The van der Waals surface area contributed by atoms with Crippen LogP contribution >= 0.6 is 0 Å². The van der Waals surface area contributed by atoms with Crippen LogP contribution in [0.15, 0.2) is 42.5 Å². The van der Waals surface area contributed by atoms with Gasteiger partial charge in [-0.25, -0.2) is 4.98 Å². The maximum Gasteiger partial charge on any atom is 0.127 e. The molecular weight excluding hydrogens is 484 g/mol. The number of benzene rings is 2. The van der Waals surface area contributed by atoms with E-state index in [2.05, 4.69) is 90.8 Å². The summed E-state index contributed by atoms with van der Waals surface area (Å²) < 4.78 is 2.33. The summed E-state index contributed by atoms with van der Waals surface area (Å²) in [4.78, 5) is 12.8. The van der Waals surface area contributed by atoms with Crippen LogP contribution in [0, 0.1) is 0 Å². The zero-order valence-electron chi connectivity index (χ0n) is 24.8. The first-order valence-electron chi connectivity index (χ1n) is 14.8. The minimum atomic E-state index is -0.0393. The summed E-state index contributed by atoms with van der Waals surface area (Å²) in [6.07, 6.45) is 4.36. The van der Waals surface area contributed by atoms with Crippen LogP contribution in [0.3, 0.4) is 0 Å². The molecule has 0 bridgehead atoms. The van der Waals surface area contributed by atoms with Crippen molar-refractivity contribution >= 4 is 11.0 Å². The van der Waals surface area contributed by atoms with Gasteiger partial charge in [0.2, 0.25) is 0 Å². The van der Waals surface area contributed by atoms with Gasteiger partial charge in [0.05, 0.1) is 17.1 Å². The number of hydrogen-bond acceptors (Lipinski definition) is 6. The van der Waals surface area contributed by atoms with Crippen molar-refractivity contribution < 1.29 is 5.11 Å². The lowest BCUT2D eigenvalue weighted by Crippen LogP contribution is -2.55. The molecule has 212 valence electrons. The molecule has 7 heteroatoms. The fourth-order valence-electron chi connectivity index (χ4n) is 7.16. The number of piperazine rings is 1. The molecule has 3 atom stereocenters. The van der Waals surface area contributed by atoms with Gasteiger partial charge < -0.3 is 15.0 Å². The standard InChI is InChI=1S/C32H48N6O/c1-7-9-30(38-20-23(2)33-24(3)21-38)31-34-28-18-25(12-13-29(28)36(31)6)22-37-16-14-32(15-17-37,35(4)5)26-10-8-11-27(39)19-26/h8,10-13,18-19,23-24,30,33,39H,7,9,14-17,20-22H2,1-6H3/t23-,24+,30?. The molecule has 2 aliphatic heterocycles. The molecule has 0 amide bonds. The van der Waals surface area contributed by atoms with E-state index in [0.29, 0.717) is 23.9 Å². The predicted molar refractivity (Wildman–Crippen MR) is 160 cm³/mol. The molecule has 0 spiro atoms. The lowest BCUT2D eigenvalue weighted by atomic mass is 9.79. The Balaban J connectivity index is 1.32. The van der Waals surface area contributed by atoms with Gasteiger partial charge in [-0.15, -0.1) is 0 Å². The molecular formula is C32H48N6O. The van der Waals surface area contributed by atoms with Crippen LogP contribution in [0.1, 0.15) is 69.4 Å². The minimum Gasteiger partial charge on any atom is -0.508 e. The van der Waals surface area contributed by atoms with Gasteiger partial charge in [0, 0.05) is 57.4 Å². The number of aryl methyl sites for hydroxylation is 1. The molecule has 2 N–H and O–H groups in total. The molecule has 2 fully saturated rings. The van der Waals surface area contributed by atoms with Crippen LogP contribution in [0.2, 0.25) is 0 Å². The molecule has 1 aromatic heterocycles. The normalized spacial score (nSPS) is 23.5. The summed E-state index contributed by atoms with van der Waals surface area (Å²) >= 11 is 0. The third-order valence-electron chi connectivity index (χ3n) is 9.20. The molecule has 39 heavy (non-hydrogen) atoms. The summed E-state index contributed by atoms with van der Waals surface area (Å²) in [7, 11) is 6.52. The van der Waals surface area contributed by atoms with Crippen LogP contribution < -0.4 is 5.32 Å². The van der Waals surface area contributed by atoms with Crippen LogP contribution in [0.4, 0.5) is 0 Å². The number of nitrogens with zero attached hydrogens (tertiary/aromatic N) is 5. The molecule has 5 rings (SSSR count). The van der Waals surface area contributed by atoms with Crippen LogP contribution in [0.5, 0.6) is 5.75 Å². The van der Waals surface area contributed by atoms with E-state index in [1.165, 1.54) is 22.5 Å². The highest BCUT2D eigenvalue weighted by atomic mass is 16.3. The summed E-state index contributed by atoms with van der Waals surface area (Å²) in [6, 6.07) is 16.1. The molecule has 2 aromatic carbocycles. The van der Waals surface area contributed by atoms with Gasteiger partial charge in [0.15, 0.2) is 0 Å². The van der Waals surface area contributed by atoms with E-state index in [1.54, 1.807) is 6.07 Å². The van der Waals surface area contributed by atoms with Gasteiger partial charge in [-0.1, -0.05) is 31.5 Å². The molecule has 0 saturated carbocycles. The lowest BCUT2D eigenvalue weighted by Gasteiger charge is -2.46. The number of nitrogens with one attached hydrogen (secondary N) is 1. The smallest absolute Gasteiger partial charge is 0.127 e. The van der Waals surface area contributed by atoms with Crippen molar-refractivity contribution in [3.8, 4) is 5.75 Å². The number of phenolic OH excluding ortho intramolecular Hbond substituents is 1. The monoisotopic (exact) mass is 532 g/mol. The van der Waals surface area contributed by atoms with Crippen molar-refractivity contribution in [1.82, 2.24) is 29.6 Å². The average Bonchev–Trinajstić information content (AvgIpc) is 3.22. The molecule has 2 saturated heterocycles. The highest BCUT2D eigenvalue weighted by molar-refractivity contribution is 5.77. The van der Waals surface area contributed by atoms with Crippen molar-refractivity contribution in [2.24, 2.45) is 7.05 Å². The van der Waals surface area contributed by atoms with Crippen LogP contribution in [-0.2, 0) is 19.1 Å². The minimum absolute atomic E-state index is 0.0393. The highest BCUT2D eigenvalue weighted by Gasteiger charge is 2.38. The molecule has 0 aliphatic carbocycles. The summed E-state index contributed by atoms with van der Waals surface area (Å²) in [5.41, 5.74) is 4.84. The van der Waals surface area contributed by atoms with Gasteiger partial charge >= 0.3 is 0 Å². The first-order valence-corrected chi connectivity index (χ1v) is 14.8. The Hall–Kier alpha value is -2.45. The third kappa shape index (κ3) is 5.73. The third-order valence-corrected chi connectivity index (χ3v) is 9.20. The summed E-state index contributed by atoms with van der Waals surface area (Å²) in [5.74, 6) is 1.55. The van der Waals surface area contributed by atoms with Gasteiger partial charge in [0.1, 0.15) is 11.6 Å². The van der Waals surface area contributed by atoms with Crippen molar-refractivity contribution in [1.29, 1.82) is 0 Å². The maximum atomic E-state index is 10.1. The van der Waals surface area contributed by atoms with E-state index in [-0.39, 0.29) is 5.54 Å². The highest BCUT2D eigenvalue weighted by Crippen LogP contribution is 2.39. The second kappa shape index (κ2) is 11.6. The fourth-order valence-corrected chi connectivity index (χ4v) is 7.16. The summed E-state index contributed by atoms with van der Waals surface area (Å²) in [5, 5.41) is 13.8. The van der Waals surface area contributed by atoms with Crippen molar-refractivity contribution in [2.75, 3.05) is 40.3 Å². The Morgan fingerprint density at radius 1 is 1.08 bits per heavy atom. The number of fused-ring (bicyclic) bond motifs is 1. The van der Waals surface area contributed by atoms with Crippen LogP contribution in [0.25, 0.3) is 11.0 Å². The number of likely N-dealkylation sites (tertiary alicyclic amines) is 1. The van der Waals surface area contributed by atoms with E-state index in [9.17, 15) is 5.11 Å². The summed E-state index contributed by atoms with van der Waals surface area (Å²) in [6.45, 7) is 12.0. The Kier molecular flexibility index (Phi) is 8.34. The number of hydrogen-bond donors (Lipinski definition) is 2. The first kappa shape index (κ1) is 28.1. The van der Waals surface area contributed by atoms with Crippen molar-refractivity contribution in [2.45, 2.75) is 76.7 Å². The Labute approximate surface area is 234 Å². The van der Waals surface area contributed by atoms with Crippen LogP contribution in [-0.4, -0.2) is 81.7 Å².